The topological polar surface area (TPSA) is 62.8 Å². The van der Waals surface area contributed by atoms with Crippen molar-refractivity contribution < 1.29 is 13.9 Å². The molecule has 1 aliphatic carbocycles. The SMILES string of the molecule is COCCN1CCN(CCC2CCc3c(sc4ncnc(Nc5ccc(OCc6cccc(F)c6)c(Cl)c5)c34)C2)CC1. The monoisotopic (exact) mass is 609 g/mol. The maximum atomic E-state index is 13.5. The number of aryl methyl sites for hydroxylation is 1. The molecule has 7 nitrogen and oxygen atoms in total. The van der Waals surface area contributed by atoms with E-state index in [1.807, 2.05) is 35.6 Å². The molecule has 0 saturated carbocycles. The molecule has 10 heteroatoms. The van der Waals surface area contributed by atoms with E-state index in [-0.39, 0.29) is 12.4 Å². The van der Waals surface area contributed by atoms with Gasteiger partial charge in [-0.1, -0.05) is 23.7 Å². The summed E-state index contributed by atoms with van der Waals surface area (Å²) >= 11 is 8.37. The Labute approximate surface area is 255 Å². The van der Waals surface area contributed by atoms with Crippen molar-refractivity contribution in [3.8, 4) is 5.75 Å². The highest BCUT2D eigenvalue weighted by molar-refractivity contribution is 7.19. The lowest BCUT2D eigenvalue weighted by molar-refractivity contribution is 0.0937. The highest BCUT2D eigenvalue weighted by Crippen LogP contribution is 2.41. The van der Waals surface area contributed by atoms with Crippen LogP contribution in [-0.4, -0.2) is 72.8 Å². The molecule has 0 radical (unpaired) electrons. The summed E-state index contributed by atoms with van der Waals surface area (Å²) in [6.45, 7) is 7.85. The highest BCUT2D eigenvalue weighted by atomic mass is 35.5. The van der Waals surface area contributed by atoms with Gasteiger partial charge < -0.3 is 19.7 Å². The number of halogens is 2. The van der Waals surface area contributed by atoms with Crippen molar-refractivity contribution in [3.63, 3.8) is 0 Å². The summed E-state index contributed by atoms with van der Waals surface area (Å²) in [5.74, 6) is 1.78. The molecule has 2 aliphatic rings. The van der Waals surface area contributed by atoms with Gasteiger partial charge in [0.15, 0.2) is 0 Å². The average Bonchev–Trinajstić information content (AvgIpc) is 3.38. The highest BCUT2D eigenvalue weighted by Gasteiger charge is 2.26. The number of rotatable bonds is 11. The van der Waals surface area contributed by atoms with E-state index < -0.39 is 0 Å². The summed E-state index contributed by atoms with van der Waals surface area (Å²) in [7, 11) is 1.77. The Morgan fingerprint density at radius 2 is 1.90 bits per heavy atom. The largest absolute Gasteiger partial charge is 0.487 e. The molecule has 1 N–H and O–H groups in total. The van der Waals surface area contributed by atoms with E-state index >= 15 is 0 Å². The van der Waals surface area contributed by atoms with Gasteiger partial charge in [0.1, 0.15) is 35.1 Å². The van der Waals surface area contributed by atoms with Crippen LogP contribution in [0.5, 0.6) is 5.75 Å². The van der Waals surface area contributed by atoms with Gasteiger partial charge in [0, 0.05) is 50.4 Å². The van der Waals surface area contributed by atoms with Crippen LogP contribution in [0.4, 0.5) is 15.9 Å². The Hall–Kier alpha value is -2.82. The fourth-order valence-corrected chi connectivity index (χ4v) is 7.50. The molecule has 1 atom stereocenters. The maximum absolute atomic E-state index is 13.5. The molecule has 1 aliphatic heterocycles. The summed E-state index contributed by atoms with van der Waals surface area (Å²) < 4.78 is 24.6. The maximum Gasteiger partial charge on any atom is 0.142 e. The van der Waals surface area contributed by atoms with E-state index in [1.165, 1.54) is 42.0 Å². The molecule has 1 fully saturated rings. The summed E-state index contributed by atoms with van der Waals surface area (Å²) in [4.78, 5) is 16.9. The fraction of sp³-hybridized carbons (Fsp3) is 0.438. The quantitative estimate of drug-likeness (QED) is 0.206. The van der Waals surface area contributed by atoms with Gasteiger partial charge in [-0.25, -0.2) is 14.4 Å². The molecule has 222 valence electrons. The average molecular weight is 610 g/mol. The van der Waals surface area contributed by atoms with Crippen molar-refractivity contribution >= 4 is 44.7 Å². The van der Waals surface area contributed by atoms with Crippen LogP contribution in [0.15, 0.2) is 48.8 Å². The number of methoxy groups -OCH3 is 1. The van der Waals surface area contributed by atoms with E-state index in [0.29, 0.717) is 16.7 Å². The molecule has 4 aromatic rings. The molecule has 0 amide bonds. The van der Waals surface area contributed by atoms with Gasteiger partial charge in [-0.05, 0) is 79.6 Å². The second-order valence-electron chi connectivity index (χ2n) is 11.2. The van der Waals surface area contributed by atoms with Crippen LogP contribution in [0.3, 0.4) is 0 Å². The van der Waals surface area contributed by atoms with Gasteiger partial charge in [-0.2, -0.15) is 0 Å². The predicted octanol–water partition coefficient (Wildman–Crippen LogP) is 6.57. The van der Waals surface area contributed by atoms with Gasteiger partial charge in [0.25, 0.3) is 0 Å². The number of hydrogen-bond acceptors (Lipinski definition) is 8. The number of nitrogens with one attached hydrogen (secondary N) is 1. The molecule has 0 spiro atoms. The van der Waals surface area contributed by atoms with Gasteiger partial charge in [0.2, 0.25) is 0 Å². The van der Waals surface area contributed by atoms with Crippen molar-refractivity contribution in [2.45, 2.75) is 32.3 Å². The first-order chi connectivity index (χ1) is 20.6. The first kappa shape index (κ1) is 29.3. The minimum atomic E-state index is -0.285. The number of ether oxygens (including phenoxy) is 2. The van der Waals surface area contributed by atoms with Crippen molar-refractivity contribution in [2.24, 2.45) is 5.92 Å². The predicted molar refractivity (Wildman–Crippen MR) is 168 cm³/mol. The first-order valence-corrected chi connectivity index (χ1v) is 15.9. The third-order valence-electron chi connectivity index (χ3n) is 8.36. The van der Waals surface area contributed by atoms with Crippen molar-refractivity contribution in [1.29, 1.82) is 0 Å². The molecule has 42 heavy (non-hydrogen) atoms. The van der Waals surface area contributed by atoms with Crippen LogP contribution in [0, 0.1) is 11.7 Å². The molecule has 2 aromatic carbocycles. The molecule has 2 aromatic heterocycles. The number of anilines is 2. The number of aromatic nitrogens is 2. The molecule has 3 heterocycles. The molecular formula is C32H37ClFN5O2S. The molecule has 1 saturated heterocycles. The molecule has 0 bridgehead atoms. The van der Waals surface area contributed by atoms with Gasteiger partial charge >= 0.3 is 0 Å². The van der Waals surface area contributed by atoms with Crippen LogP contribution in [0.2, 0.25) is 5.02 Å². The standard InChI is InChI=1S/C32H37ClFN5O2S/c1-40-16-15-39-13-11-38(12-14-39)10-9-22-5-7-26-29(18-22)42-32-30(26)31(35-21-36-32)37-25-6-8-28(27(33)19-25)41-20-23-3-2-4-24(34)17-23/h2-4,6,8,17,19,21-22H,5,7,9-16,18,20H2,1H3,(H,35,36,37). The van der Waals surface area contributed by atoms with E-state index in [0.717, 1.165) is 79.5 Å². The summed E-state index contributed by atoms with van der Waals surface area (Å²) in [6.07, 6.45) is 6.25. The second-order valence-corrected chi connectivity index (χ2v) is 12.7. The van der Waals surface area contributed by atoms with Crippen molar-refractivity contribution in [2.75, 3.05) is 58.3 Å². The van der Waals surface area contributed by atoms with Gasteiger partial charge in [0.05, 0.1) is 17.0 Å². The molecule has 6 rings (SSSR count). The lowest BCUT2D eigenvalue weighted by Gasteiger charge is -2.35. The Balaban J connectivity index is 1.07. The number of piperazine rings is 1. The summed E-state index contributed by atoms with van der Waals surface area (Å²) in [5.41, 5.74) is 2.97. The lowest BCUT2D eigenvalue weighted by atomic mass is 9.85. The molecular weight excluding hydrogens is 573 g/mol. The van der Waals surface area contributed by atoms with E-state index in [4.69, 9.17) is 21.1 Å². The number of thiophene rings is 1. The molecule has 1 unspecified atom stereocenters. The summed E-state index contributed by atoms with van der Waals surface area (Å²) in [5, 5.41) is 5.09. The van der Waals surface area contributed by atoms with E-state index in [1.54, 1.807) is 19.5 Å². The van der Waals surface area contributed by atoms with E-state index in [2.05, 4.69) is 25.1 Å². The zero-order valence-electron chi connectivity index (χ0n) is 24.0. The van der Waals surface area contributed by atoms with Crippen molar-refractivity contribution in [1.82, 2.24) is 19.8 Å². The number of nitrogens with zero attached hydrogens (tertiary/aromatic N) is 4. The van der Waals surface area contributed by atoms with Crippen LogP contribution in [0.25, 0.3) is 10.2 Å². The Morgan fingerprint density at radius 3 is 2.69 bits per heavy atom. The van der Waals surface area contributed by atoms with Gasteiger partial charge in [-0.3, -0.25) is 4.90 Å². The van der Waals surface area contributed by atoms with Crippen molar-refractivity contribution in [3.05, 3.63) is 75.6 Å². The van der Waals surface area contributed by atoms with Gasteiger partial charge in [-0.15, -0.1) is 11.3 Å². The normalized spacial score (nSPS) is 17.8. The number of fused-ring (bicyclic) bond motifs is 3. The third kappa shape index (κ3) is 7.03. The fourth-order valence-electron chi connectivity index (χ4n) is 5.96. The third-order valence-corrected chi connectivity index (χ3v) is 9.81. The Bertz CT molecular complexity index is 1510. The number of benzene rings is 2. The Morgan fingerprint density at radius 1 is 1.07 bits per heavy atom. The van der Waals surface area contributed by atoms with Crippen LogP contribution >= 0.6 is 22.9 Å². The second kappa shape index (κ2) is 13.7. The first-order valence-electron chi connectivity index (χ1n) is 14.7. The van der Waals surface area contributed by atoms with Crippen LogP contribution < -0.4 is 10.1 Å². The van der Waals surface area contributed by atoms with E-state index in [9.17, 15) is 4.39 Å². The van der Waals surface area contributed by atoms with Crippen LogP contribution in [-0.2, 0) is 24.2 Å². The Kier molecular flexibility index (Phi) is 9.51. The lowest BCUT2D eigenvalue weighted by Crippen LogP contribution is -2.47. The van der Waals surface area contributed by atoms with Crippen LogP contribution in [0.1, 0.15) is 28.8 Å². The summed E-state index contributed by atoms with van der Waals surface area (Å²) in [6, 6.07) is 12.0. The minimum Gasteiger partial charge on any atom is -0.487 e. The number of hydrogen-bond donors (Lipinski definition) is 1. The minimum absolute atomic E-state index is 0.240. The smallest absolute Gasteiger partial charge is 0.142 e. The zero-order valence-corrected chi connectivity index (χ0v) is 25.5. The zero-order chi connectivity index (χ0) is 28.9.